The number of rotatable bonds is 1. The molecule has 7 heteroatoms. The standard InChI is InChI=1S/C10H18N2O3S.ClH/c1-2-12-9(13)10(11-16(12,14)15)7-5-3-4-6-8-10;/h11H,2-8H2,1H3;1H. The molecule has 0 aromatic rings. The highest BCUT2D eigenvalue weighted by Crippen LogP contribution is 2.29. The molecule has 1 saturated heterocycles. The lowest BCUT2D eigenvalue weighted by Gasteiger charge is -2.18. The smallest absolute Gasteiger partial charge is 0.396 e. The number of nitrogens with two attached hydrogens (primary N) is 1. The van der Waals surface area contributed by atoms with E-state index in [-0.39, 0.29) is 24.9 Å². The van der Waals surface area contributed by atoms with Gasteiger partial charge < -0.3 is 12.4 Å². The Bertz CT molecular complexity index is 388. The van der Waals surface area contributed by atoms with Crippen LogP contribution >= 0.6 is 0 Å². The van der Waals surface area contributed by atoms with Crippen LogP contribution in [0, 0.1) is 0 Å². The largest absolute Gasteiger partial charge is 1.00 e. The van der Waals surface area contributed by atoms with Crippen molar-refractivity contribution < 1.29 is 30.3 Å². The molecular formula is C10H19ClN2O3S. The number of likely N-dealkylation sites (N-methyl/N-ethyl adjacent to an activating group) is 1. The zero-order chi connectivity index (χ0) is 11.8. The molecule has 0 atom stereocenters. The fourth-order valence-corrected chi connectivity index (χ4v) is 4.58. The SMILES string of the molecule is CCN1C(=O)C2(CCCCCC2)[NH2+]S1(=O)=O.[Cl-]. The quantitative estimate of drug-likeness (QED) is 0.549. The van der Waals surface area contributed by atoms with Gasteiger partial charge in [0.1, 0.15) is 0 Å². The van der Waals surface area contributed by atoms with Crippen molar-refractivity contribution in [3.63, 3.8) is 0 Å². The molecule has 2 aliphatic rings. The van der Waals surface area contributed by atoms with Crippen LogP contribution in [0.5, 0.6) is 0 Å². The van der Waals surface area contributed by atoms with E-state index in [0.29, 0.717) is 12.8 Å². The fourth-order valence-electron chi connectivity index (χ4n) is 2.78. The molecular weight excluding hydrogens is 264 g/mol. The Balaban J connectivity index is 0.00000144. The van der Waals surface area contributed by atoms with Crippen LogP contribution in [-0.2, 0) is 15.0 Å². The van der Waals surface area contributed by atoms with E-state index in [2.05, 4.69) is 0 Å². The molecule has 1 spiro atoms. The minimum Gasteiger partial charge on any atom is -1.00 e. The van der Waals surface area contributed by atoms with E-state index >= 15 is 0 Å². The summed E-state index contributed by atoms with van der Waals surface area (Å²) in [5.41, 5.74) is -0.703. The van der Waals surface area contributed by atoms with Gasteiger partial charge in [-0.3, -0.25) is 4.79 Å². The summed E-state index contributed by atoms with van der Waals surface area (Å²) in [6.45, 7) is 1.96. The summed E-state index contributed by atoms with van der Waals surface area (Å²) in [6.07, 6.45) is 5.51. The Morgan fingerprint density at radius 1 is 1.24 bits per heavy atom. The monoisotopic (exact) mass is 282 g/mol. The van der Waals surface area contributed by atoms with E-state index in [1.54, 1.807) is 6.92 Å². The van der Waals surface area contributed by atoms with Crippen molar-refractivity contribution in [2.45, 2.75) is 51.0 Å². The van der Waals surface area contributed by atoms with Crippen molar-refractivity contribution in [1.82, 2.24) is 4.31 Å². The molecule has 0 bridgehead atoms. The molecule has 1 aliphatic carbocycles. The maximum absolute atomic E-state index is 12.2. The van der Waals surface area contributed by atoms with Gasteiger partial charge in [-0.2, -0.15) is 12.7 Å². The van der Waals surface area contributed by atoms with Crippen molar-refractivity contribution in [2.24, 2.45) is 0 Å². The number of carbonyl (C=O) groups excluding carboxylic acids is 1. The second-order valence-electron chi connectivity index (χ2n) is 4.70. The molecule has 2 rings (SSSR count). The lowest BCUT2D eigenvalue weighted by Crippen LogP contribution is -3.00. The van der Waals surface area contributed by atoms with E-state index in [1.807, 2.05) is 0 Å². The number of amides is 1. The van der Waals surface area contributed by atoms with E-state index in [9.17, 15) is 13.2 Å². The van der Waals surface area contributed by atoms with Crippen LogP contribution in [0.4, 0.5) is 0 Å². The minimum absolute atomic E-state index is 0. The summed E-state index contributed by atoms with van der Waals surface area (Å²) in [6, 6.07) is 0. The van der Waals surface area contributed by atoms with Crippen LogP contribution in [0.25, 0.3) is 0 Å². The average Bonchev–Trinajstić information content (AvgIpc) is 2.40. The highest BCUT2D eigenvalue weighted by Gasteiger charge is 2.58. The Labute approximate surface area is 109 Å². The van der Waals surface area contributed by atoms with Gasteiger partial charge in [-0.1, -0.05) is 12.8 Å². The minimum atomic E-state index is -3.45. The van der Waals surface area contributed by atoms with Crippen LogP contribution in [0.3, 0.4) is 0 Å². The third-order valence-electron chi connectivity index (χ3n) is 3.62. The molecule has 0 aromatic heterocycles. The maximum atomic E-state index is 12.2. The van der Waals surface area contributed by atoms with E-state index in [4.69, 9.17) is 0 Å². The molecule has 5 nitrogen and oxygen atoms in total. The molecule has 1 amide bonds. The summed E-state index contributed by atoms with van der Waals surface area (Å²) < 4.78 is 26.0. The first-order valence-electron chi connectivity index (χ1n) is 5.95. The zero-order valence-corrected chi connectivity index (χ0v) is 11.6. The van der Waals surface area contributed by atoms with Gasteiger partial charge >= 0.3 is 16.1 Å². The molecule has 100 valence electrons. The average molecular weight is 283 g/mol. The first-order valence-corrected chi connectivity index (χ1v) is 7.45. The fraction of sp³-hybridized carbons (Fsp3) is 0.900. The molecule has 17 heavy (non-hydrogen) atoms. The van der Waals surface area contributed by atoms with Crippen LogP contribution in [0.1, 0.15) is 45.4 Å². The van der Waals surface area contributed by atoms with Gasteiger partial charge in [0.2, 0.25) is 0 Å². The summed E-state index contributed by atoms with van der Waals surface area (Å²) in [5, 5.41) is 0. The first kappa shape index (κ1) is 14.7. The Morgan fingerprint density at radius 3 is 2.18 bits per heavy atom. The second kappa shape index (κ2) is 5.12. The maximum Gasteiger partial charge on any atom is 0.396 e. The number of quaternary nitrogens is 1. The van der Waals surface area contributed by atoms with Crippen molar-refractivity contribution in [2.75, 3.05) is 6.54 Å². The Morgan fingerprint density at radius 2 is 1.76 bits per heavy atom. The second-order valence-corrected chi connectivity index (χ2v) is 6.41. The third kappa shape index (κ3) is 2.44. The van der Waals surface area contributed by atoms with Gasteiger partial charge in [0.15, 0.2) is 5.54 Å². The Kier molecular flexibility index (Phi) is 4.43. The number of halogens is 1. The van der Waals surface area contributed by atoms with Crippen molar-refractivity contribution >= 4 is 16.1 Å². The number of carbonyl (C=O) groups is 1. The van der Waals surface area contributed by atoms with Gasteiger partial charge in [-0.25, -0.2) is 4.72 Å². The Hall–Kier alpha value is -0.330. The van der Waals surface area contributed by atoms with Gasteiger partial charge in [-0.05, 0) is 19.8 Å². The van der Waals surface area contributed by atoms with E-state index in [1.165, 1.54) is 4.72 Å². The van der Waals surface area contributed by atoms with Crippen LogP contribution < -0.4 is 17.1 Å². The molecule has 1 saturated carbocycles. The molecule has 0 radical (unpaired) electrons. The van der Waals surface area contributed by atoms with Gasteiger partial charge in [0.05, 0.1) is 0 Å². The van der Waals surface area contributed by atoms with Crippen molar-refractivity contribution in [1.29, 1.82) is 0 Å². The predicted octanol–water partition coefficient (Wildman–Crippen LogP) is -3.25. The molecule has 2 fully saturated rings. The van der Waals surface area contributed by atoms with E-state index < -0.39 is 15.7 Å². The molecule has 1 heterocycles. The van der Waals surface area contributed by atoms with Gasteiger partial charge in [0, 0.05) is 19.4 Å². The predicted molar refractivity (Wildman–Crippen MR) is 58.7 cm³/mol. The van der Waals surface area contributed by atoms with Crippen LogP contribution in [0.15, 0.2) is 0 Å². The zero-order valence-electron chi connectivity index (χ0n) is 9.99. The topological polar surface area (TPSA) is 71.1 Å². The first-order chi connectivity index (χ1) is 7.52. The summed E-state index contributed by atoms with van der Waals surface area (Å²) in [5.74, 6) is -0.197. The highest BCUT2D eigenvalue weighted by atomic mass is 35.5. The lowest BCUT2D eigenvalue weighted by molar-refractivity contribution is -0.566. The number of nitrogens with zero attached hydrogens (tertiary/aromatic N) is 1. The number of hydrogen-bond acceptors (Lipinski definition) is 3. The molecule has 0 unspecified atom stereocenters. The number of hydrogen-bond donors (Lipinski definition) is 1. The van der Waals surface area contributed by atoms with Crippen molar-refractivity contribution in [3.05, 3.63) is 0 Å². The van der Waals surface area contributed by atoms with E-state index in [0.717, 1.165) is 30.0 Å². The molecule has 0 aromatic carbocycles. The third-order valence-corrected chi connectivity index (χ3v) is 5.40. The van der Waals surface area contributed by atoms with Gasteiger partial charge in [0.25, 0.3) is 0 Å². The van der Waals surface area contributed by atoms with Gasteiger partial charge in [-0.15, -0.1) is 0 Å². The normalized spacial score (nSPS) is 26.6. The van der Waals surface area contributed by atoms with Crippen molar-refractivity contribution in [3.8, 4) is 0 Å². The summed E-state index contributed by atoms with van der Waals surface area (Å²) in [4.78, 5) is 12.2. The summed E-state index contributed by atoms with van der Waals surface area (Å²) >= 11 is 0. The lowest BCUT2D eigenvalue weighted by atomic mass is 9.90. The van der Waals surface area contributed by atoms with Crippen LogP contribution in [0.2, 0.25) is 0 Å². The highest BCUT2D eigenvalue weighted by molar-refractivity contribution is 7.83. The summed E-state index contributed by atoms with van der Waals surface area (Å²) in [7, 11) is -3.45. The molecule has 1 aliphatic heterocycles. The molecule has 2 N–H and O–H groups in total. The van der Waals surface area contributed by atoms with Crippen LogP contribution in [-0.4, -0.2) is 30.7 Å².